The van der Waals surface area contributed by atoms with Crippen molar-refractivity contribution in [2.75, 3.05) is 19.6 Å². The molecule has 0 saturated carbocycles. The van der Waals surface area contributed by atoms with Crippen LogP contribution in [-0.4, -0.2) is 53.5 Å². The van der Waals surface area contributed by atoms with Crippen molar-refractivity contribution >= 4 is 5.91 Å². The summed E-state index contributed by atoms with van der Waals surface area (Å²) in [6, 6.07) is 1.04. The summed E-state index contributed by atoms with van der Waals surface area (Å²) in [4.78, 5) is 17.3. The maximum atomic E-state index is 12.4. The average molecular weight is 263 g/mol. The van der Waals surface area contributed by atoms with E-state index in [1.807, 2.05) is 0 Å². The van der Waals surface area contributed by atoms with Crippen molar-refractivity contribution in [1.82, 2.24) is 9.80 Å². The molecule has 4 aliphatic rings. The van der Waals surface area contributed by atoms with Crippen molar-refractivity contribution in [2.24, 2.45) is 17.6 Å². The third-order valence-electron chi connectivity index (χ3n) is 6.05. The van der Waals surface area contributed by atoms with E-state index in [1.165, 1.54) is 38.8 Å². The Morgan fingerprint density at radius 1 is 1.05 bits per heavy atom. The first kappa shape index (κ1) is 12.2. The van der Waals surface area contributed by atoms with Crippen LogP contribution in [0.2, 0.25) is 0 Å². The first-order valence-corrected chi connectivity index (χ1v) is 8.06. The predicted molar refractivity (Wildman–Crippen MR) is 73.5 cm³/mol. The molecule has 4 nitrogen and oxygen atoms in total. The molecule has 0 aromatic rings. The van der Waals surface area contributed by atoms with Gasteiger partial charge in [-0.2, -0.15) is 0 Å². The molecule has 0 spiro atoms. The molecule has 0 aliphatic carbocycles. The molecule has 1 amide bonds. The number of fused-ring (bicyclic) bond motifs is 2. The number of rotatable bonds is 0. The topological polar surface area (TPSA) is 49.6 Å². The lowest BCUT2D eigenvalue weighted by Gasteiger charge is -2.59. The smallest absolute Gasteiger partial charge is 0.239 e. The van der Waals surface area contributed by atoms with E-state index < -0.39 is 0 Å². The maximum absolute atomic E-state index is 12.4. The zero-order valence-corrected chi connectivity index (χ0v) is 11.6. The van der Waals surface area contributed by atoms with E-state index in [2.05, 4.69) is 9.80 Å². The Labute approximate surface area is 115 Å². The van der Waals surface area contributed by atoms with Crippen LogP contribution >= 0.6 is 0 Å². The van der Waals surface area contributed by atoms with Crippen LogP contribution in [0.4, 0.5) is 0 Å². The Hall–Kier alpha value is -0.610. The fourth-order valence-electron chi connectivity index (χ4n) is 5.31. The summed E-state index contributed by atoms with van der Waals surface area (Å²) >= 11 is 0. The number of carbonyl (C=O) groups excluding carboxylic acids is 1. The molecule has 0 aromatic heterocycles. The quantitative estimate of drug-likeness (QED) is 0.703. The first-order valence-electron chi connectivity index (χ1n) is 8.06. The summed E-state index contributed by atoms with van der Waals surface area (Å²) in [5, 5.41) is 0. The monoisotopic (exact) mass is 263 g/mol. The van der Waals surface area contributed by atoms with Gasteiger partial charge < -0.3 is 10.6 Å². The van der Waals surface area contributed by atoms with Crippen LogP contribution < -0.4 is 5.73 Å². The van der Waals surface area contributed by atoms with Crippen molar-refractivity contribution in [3.05, 3.63) is 0 Å². The molecule has 4 saturated heterocycles. The van der Waals surface area contributed by atoms with Gasteiger partial charge in [-0.05, 0) is 63.5 Å². The van der Waals surface area contributed by atoms with Gasteiger partial charge in [-0.1, -0.05) is 0 Å². The Morgan fingerprint density at radius 2 is 1.84 bits per heavy atom. The molecule has 4 rings (SSSR count). The molecule has 19 heavy (non-hydrogen) atoms. The van der Waals surface area contributed by atoms with Crippen LogP contribution in [0, 0.1) is 11.8 Å². The lowest BCUT2D eigenvalue weighted by molar-refractivity contribution is -0.152. The van der Waals surface area contributed by atoms with Gasteiger partial charge in [-0.15, -0.1) is 0 Å². The summed E-state index contributed by atoms with van der Waals surface area (Å²) in [5.74, 6) is 1.67. The van der Waals surface area contributed by atoms with Crippen LogP contribution in [0.3, 0.4) is 0 Å². The summed E-state index contributed by atoms with van der Waals surface area (Å²) in [5.41, 5.74) is 5.98. The largest absolute Gasteiger partial charge is 0.338 e. The number of carbonyl (C=O) groups is 1. The maximum Gasteiger partial charge on any atom is 0.239 e. The number of nitrogens with two attached hydrogens (primary N) is 1. The van der Waals surface area contributed by atoms with E-state index in [-0.39, 0.29) is 11.9 Å². The highest BCUT2D eigenvalue weighted by molar-refractivity contribution is 5.83. The Morgan fingerprint density at radius 3 is 2.68 bits per heavy atom. The molecule has 0 aromatic carbocycles. The van der Waals surface area contributed by atoms with Gasteiger partial charge in [0, 0.05) is 18.6 Å². The van der Waals surface area contributed by atoms with E-state index in [1.54, 1.807) is 0 Å². The lowest BCUT2D eigenvalue weighted by Crippen LogP contribution is -2.68. The second-order valence-electron chi connectivity index (χ2n) is 6.98. The standard InChI is InChI=1S/C15H25N3O/c16-12-5-6-13-11-4-2-8-17-7-1-3-10(14(11)17)9-18(13)15(12)19/h10-14H,1-9,16H2. The zero-order chi connectivity index (χ0) is 13.0. The van der Waals surface area contributed by atoms with E-state index in [0.29, 0.717) is 12.0 Å². The third-order valence-corrected chi connectivity index (χ3v) is 6.05. The molecule has 0 radical (unpaired) electrons. The number of amides is 1. The van der Waals surface area contributed by atoms with Gasteiger partial charge in [0.15, 0.2) is 0 Å². The molecule has 4 heteroatoms. The van der Waals surface area contributed by atoms with Crippen molar-refractivity contribution < 1.29 is 4.79 Å². The van der Waals surface area contributed by atoms with Gasteiger partial charge in [0.25, 0.3) is 0 Å². The highest BCUT2D eigenvalue weighted by atomic mass is 16.2. The zero-order valence-electron chi connectivity index (χ0n) is 11.6. The first-order chi connectivity index (χ1) is 9.25. The van der Waals surface area contributed by atoms with E-state index in [9.17, 15) is 4.79 Å². The third kappa shape index (κ3) is 1.76. The fraction of sp³-hybridized carbons (Fsp3) is 0.933. The minimum absolute atomic E-state index is 0.226. The van der Waals surface area contributed by atoms with Crippen molar-refractivity contribution in [1.29, 1.82) is 0 Å². The SMILES string of the molecule is NC1CCC2C3CCCN4CCCC(CN2C1=O)C34. The minimum atomic E-state index is -0.226. The van der Waals surface area contributed by atoms with E-state index in [4.69, 9.17) is 5.73 Å². The fourth-order valence-corrected chi connectivity index (χ4v) is 5.31. The highest BCUT2D eigenvalue weighted by Gasteiger charge is 2.51. The van der Waals surface area contributed by atoms with Crippen LogP contribution in [0.15, 0.2) is 0 Å². The van der Waals surface area contributed by atoms with Gasteiger partial charge in [-0.25, -0.2) is 0 Å². The van der Waals surface area contributed by atoms with Gasteiger partial charge in [0.05, 0.1) is 6.04 Å². The van der Waals surface area contributed by atoms with Gasteiger partial charge in [0.2, 0.25) is 5.91 Å². The molecule has 2 N–H and O–H groups in total. The molecule has 106 valence electrons. The number of piperidine rings is 4. The second-order valence-corrected chi connectivity index (χ2v) is 6.98. The van der Waals surface area contributed by atoms with Crippen LogP contribution in [0.25, 0.3) is 0 Å². The molecule has 4 heterocycles. The molecule has 5 atom stereocenters. The van der Waals surface area contributed by atoms with Gasteiger partial charge in [-0.3, -0.25) is 9.69 Å². The average Bonchev–Trinajstić information content (AvgIpc) is 2.44. The molecular weight excluding hydrogens is 238 g/mol. The van der Waals surface area contributed by atoms with E-state index in [0.717, 1.165) is 31.3 Å². The van der Waals surface area contributed by atoms with Crippen molar-refractivity contribution in [3.63, 3.8) is 0 Å². The molecule has 5 unspecified atom stereocenters. The Balaban J connectivity index is 1.65. The van der Waals surface area contributed by atoms with Crippen LogP contribution in [0.5, 0.6) is 0 Å². The molecule has 0 bridgehead atoms. The number of nitrogens with zero attached hydrogens (tertiary/aromatic N) is 2. The number of hydrogen-bond donors (Lipinski definition) is 1. The van der Waals surface area contributed by atoms with Crippen LogP contribution in [-0.2, 0) is 4.79 Å². The second kappa shape index (κ2) is 4.45. The minimum Gasteiger partial charge on any atom is -0.338 e. The van der Waals surface area contributed by atoms with Crippen molar-refractivity contribution in [2.45, 2.75) is 56.7 Å². The summed E-state index contributed by atoms with van der Waals surface area (Å²) in [6.45, 7) is 3.56. The summed E-state index contributed by atoms with van der Waals surface area (Å²) < 4.78 is 0. The highest BCUT2D eigenvalue weighted by Crippen LogP contribution is 2.44. The van der Waals surface area contributed by atoms with Gasteiger partial charge >= 0.3 is 0 Å². The number of hydrogen-bond acceptors (Lipinski definition) is 3. The summed E-state index contributed by atoms with van der Waals surface area (Å²) in [7, 11) is 0. The predicted octanol–water partition coefficient (Wildman–Crippen LogP) is 0.809. The van der Waals surface area contributed by atoms with E-state index >= 15 is 0 Å². The lowest BCUT2D eigenvalue weighted by atomic mass is 9.68. The molecule has 4 fully saturated rings. The Bertz CT molecular complexity index is 384. The van der Waals surface area contributed by atoms with Crippen molar-refractivity contribution in [3.8, 4) is 0 Å². The van der Waals surface area contributed by atoms with Gasteiger partial charge in [0.1, 0.15) is 0 Å². The van der Waals surface area contributed by atoms with Crippen LogP contribution in [0.1, 0.15) is 38.5 Å². The molecule has 4 aliphatic heterocycles. The Kier molecular flexibility index (Phi) is 2.85. The molecular formula is C15H25N3O. The summed E-state index contributed by atoms with van der Waals surface area (Å²) in [6.07, 6.45) is 7.29. The normalized spacial score (nSPS) is 46.7.